The van der Waals surface area contributed by atoms with E-state index in [0.29, 0.717) is 25.7 Å². The Morgan fingerprint density at radius 3 is 2.91 bits per heavy atom. The smallest absolute Gasteiger partial charge is 0.193 e. The first kappa shape index (κ1) is 19.3. The number of ether oxygens (including phenoxy) is 2. The molecular weight excluding hydrogens is 409 g/mol. The van der Waals surface area contributed by atoms with Gasteiger partial charge < -0.3 is 24.9 Å². The maximum atomic E-state index is 5.83. The van der Waals surface area contributed by atoms with Crippen LogP contribution in [0.1, 0.15) is 12.2 Å². The fourth-order valence-corrected chi connectivity index (χ4v) is 1.82. The van der Waals surface area contributed by atoms with Crippen LogP contribution in [0, 0.1) is 0 Å². The summed E-state index contributed by atoms with van der Waals surface area (Å²) in [5, 5.41) is 3.02. The van der Waals surface area contributed by atoms with Crippen molar-refractivity contribution in [1.29, 1.82) is 0 Å². The van der Waals surface area contributed by atoms with Crippen LogP contribution >= 0.6 is 24.0 Å². The van der Waals surface area contributed by atoms with Crippen LogP contribution in [0.3, 0.4) is 0 Å². The molecule has 126 valence electrons. The number of hydrogen-bond donors (Lipinski definition) is 2. The van der Waals surface area contributed by atoms with Crippen molar-refractivity contribution in [3.8, 4) is 5.75 Å². The minimum absolute atomic E-state index is 0. The first-order chi connectivity index (χ1) is 10.8. The van der Waals surface area contributed by atoms with Gasteiger partial charge in [-0.1, -0.05) is 6.07 Å². The van der Waals surface area contributed by atoms with Gasteiger partial charge in [-0.2, -0.15) is 0 Å². The highest BCUT2D eigenvalue weighted by Gasteiger charge is 1.98. The zero-order valence-electron chi connectivity index (χ0n) is 13.0. The van der Waals surface area contributed by atoms with E-state index in [4.69, 9.17) is 19.6 Å². The average Bonchev–Trinajstić information content (AvgIpc) is 3.04. The monoisotopic (exact) mass is 431 g/mol. The predicted octanol–water partition coefficient (Wildman–Crippen LogP) is 3.24. The Labute approximate surface area is 153 Å². The van der Waals surface area contributed by atoms with Crippen molar-refractivity contribution in [3.63, 3.8) is 0 Å². The Morgan fingerprint density at radius 1 is 1.30 bits per heavy atom. The fraction of sp³-hybridized carbons (Fsp3) is 0.312. The van der Waals surface area contributed by atoms with Crippen molar-refractivity contribution < 1.29 is 13.9 Å². The Hall–Kier alpha value is -1.74. The van der Waals surface area contributed by atoms with E-state index in [1.54, 1.807) is 13.4 Å². The summed E-state index contributed by atoms with van der Waals surface area (Å²) in [5.74, 6) is 1.96. The van der Waals surface area contributed by atoms with E-state index in [2.05, 4.69) is 10.3 Å². The number of guanidine groups is 1. The van der Waals surface area contributed by atoms with Gasteiger partial charge in [0.2, 0.25) is 0 Å². The van der Waals surface area contributed by atoms with Crippen LogP contribution in [0.4, 0.5) is 5.69 Å². The first-order valence-corrected chi connectivity index (χ1v) is 7.09. The Bertz CT molecular complexity index is 588. The molecule has 7 heteroatoms. The van der Waals surface area contributed by atoms with Gasteiger partial charge in [0.25, 0.3) is 0 Å². The molecule has 1 heterocycles. The van der Waals surface area contributed by atoms with Gasteiger partial charge in [0.1, 0.15) is 18.1 Å². The third kappa shape index (κ3) is 7.38. The number of methoxy groups -OCH3 is 1. The average molecular weight is 431 g/mol. The number of nitrogens with zero attached hydrogens (tertiary/aromatic N) is 1. The molecule has 0 saturated heterocycles. The second kappa shape index (κ2) is 10.9. The summed E-state index contributed by atoms with van der Waals surface area (Å²) in [4.78, 5) is 4.25. The summed E-state index contributed by atoms with van der Waals surface area (Å²) in [5.41, 5.74) is 6.67. The van der Waals surface area contributed by atoms with E-state index in [-0.39, 0.29) is 24.0 Å². The number of anilines is 1. The molecule has 0 amide bonds. The van der Waals surface area contributed by atoms with Gasteiger partial charge in [0, 0.05) is 24.9 Å². The normalized spacial score (nSPS) is 10.9. The Kier molecular flexibility index (Phi) is 9.15. The third-order valence-corrected chi connectivity index (χ3v) is 2.90. The molecule has 2 aromatic rings. The minimum Gasteiger partial charge on any atom is -0.497 e. The lowest BCUT2D eigenvalue weighted by Gasteiger charge is -2.07. The molecule has 0 aliphatic carbocycles. The molecule has 3 N–H and O–H groups in total. The highest BCUT2D eigenvalue weighted by molar-refractivity contribution is 14.0. The number of aliphatic imine (C=N–C) groups is 1. The van der Waals surface area contributed by atoms with Gasteiger partial charge in [0.15, 0.2) is 5.96 Å². The number of hydrogen-bond acceptors (Lipinski definition) is 4. The first-order valence-electron chi connectivity index (χ1n) is 7.09. The van der Waals surface area contributed by atoms with E-state index in [1.165, 1.54) is 0 Å². The highest BCUT2D eigenvalue weighted by Crippen LogP contribution is 2.16. The van der Waals surface area contributed by atoms with E-state index < -0.39 is 0 Å². The molecule has 23 heavy (non-hydrogen) atoms. The lowest BCUT2D eigenvalue weighted by atomic mass is 10.3. The Balaban J connectivity index is 0.00000264. The largest absolute Gasteiger partial charge is 0.497 e. The molecule has 0 unspecified atom stereocenters. The van der Waals surface area contributed by atoms with Crippen LogP contribution in [0.5, 0.6) is 5.75 Å². The van der Waals surface area contributed by atoms with E-state index in [0.717, 1.165) is 23.6 Å². The van der Waals surface area contributed by atoms with E-state index in [9.17, 15) is 0 Å². The summed E-state index contributed by atoms with van der Waals surface area (Å²) in [6.07, 6.45) is 2.43. The minimum atomic E-state index is 0. The standard InChI is InChI=1S/C16H21N3O3.HI/c1-20-14-6-2-5-13(11-14)19-16(17)18-8-4-9-21-12-15-7-3-10-22-15;/h2-3,5-7,10-11H,4,8-9,12H2,1H3,(H3,17,18,19);1H. The maximum Gasteiger partial charge on any atom is 0.193 e. The molecule has 0 atom stereocenters. The number of rotatable bonds is 8. The lowest BCUT2D eigenvalue weighted by Crippen LogP contribution is -2.23. The fourth-order valence-electron chi connectivity index (χ4n) is 1.82. The van der Waals surface area contributed by atoms with Crippen molar-refractivity contribution in [2.24, 2.45) is 10.7 Å². The second-order valence-corrected chi connectivity index (χ2v) is 4.61. The van der Waals surface area contributed by atoms with Gasteiger partial charge in [-0.3, -0.25) is 4.99 Å². The number of halogens is 1. The molecule has 0 fully saturated rings. The van der Waals surface area contributed by atoms with Gasteiger partial charge in [0.05, 0.1) is 13.4 Å². The van der Waals surface area contributed by atoms with Gasteiger partial charge >= 0.3 is 0 Å². The second-order valence-electron chi connectivity index (χ2n) is 4.61. The number of benzene rings is 1. The molecule has 0 aliphatic rings. The quantitative estimate of drug-likeness (QED) is 0.290. The maximum absolute atomic E-state index is 5.83. The van der Waals surface area contributed by atoms with Crippen molar-refractivity contribution in [2.75, 3.05) is 25.6 Å². The number of nitrogens with one attached hydrogen (secondary N) is 1. The van der Waals surface area contributed by atoms with Crippen molar-refractivity contribution in [2.45, 2.75) is 13.0 Å². The summed E-state index contributed by atoms with van der Waals surface area (Å²) in [6, 6.07) is 11.2. The molecular formula is C16H22IN3O3. The molecule has 1 aromatic heterocycles. The van der Waals surface area contributed by atoms with Crippen LogP contribution in [0.25, 0.3) is 0 Å². The van der Waals surface area contributed by atoms with Crippen molar-refractivity contribution >= 4 is 35.6 Å². The molecule has 1 aromatic carbocycles. The Morgan fingerprint density at radius 2 is 2.17 bits per heavy atom. The molecule has 2 rings (SSSR count). The zero-order chi connectivity index (χ0) is 15.6. The van der Waals surface area contributed by atoms with Crippen LogP contribution in [0.15, 0.2) is 52.1 Å². The van der Waals surface area contributed by atoms with E-state index in [1.807, 2.05) is 36.4 Å². The molecule has 0 saturated carbocycles. The number of furan rings is 1. The summed E-state index contributed by atoms with van der Waals surface area (Å²) >= 11 is 0. The molecule has 6 nitrogen and oxygen atoms in total. The molecule has 0 radical (unpaired) electrons. The van der Waals surface area contributed by atoms with E-state index >= 15 is 0 Å². The van der Waals surface area contributed by atoms with Crippen LogP contribution < -0.4 is 15.8 Å². The van der Waals surface area contributed by atoms with Crippen LogP contribution in [0.2, 0.25) is 0 Å². The predicted molar refractivity (Wildman–Crippen MR) is 102 cm³/mol. The van der Waals surface area contributed by atoms with Crippen LogP contribution in [-0.2, 0) is 11.3 Å². The van der Waals surface area contributed by atoms with Gasteiger partial charge in [-0.05, 0) is 30.7 Å². The zero-order valence-corrected chi connectivity index (χ0v) is 15.4. The highest BCUT2D eigenvalue weighted by atomic mass is 127. The van der Waals surface area contributed by atoms with Crippen molar-refractivity contribution in [1.82, 2.24) is 0 Å². The van der Waals surface area contributed by atoms with Gasteiger partial charge in [-0.25, -0.2) is 0 Å². The molecule has 0 spiro atoms. The third-order valence-electron chi connectivity index (χ3n) is 2.90. The SMILES string of the molecule is COc1cccc(NC(N)=NCCCOCc2ccco2)c1.I. The van der Waals surface area contributed by atoms with Crippen molar-refractivity contribution in [3.05, 3.63) is 48.4 Å². The number of nitrogens with two attached hydrogens (primary N) is 1. The lowest BCUT2D eigenvalue weighted by molar-refractivity contribution is 0.105. The molecule has 0 bridgehead atoms. The summed E-state index contributed by atoms with van der Waals surface area (Å²) in [7, 11) is 1.62. The summed E-state index contributed by atoms with van der Waals surface area (Å²) in [6.45, 7) is 1.69. The molecule has 0 aliphatic heterocycles. The summed E-state index contributed by atoms with van der Waals surface area (Å²) < 4.78 is 15.8. The van der Waals surface area contributed by atoms with Gasteiger partial charge in [-0.15, -0.1) is 24.0 Å². The van der Waals surface area contributed by atoms with Crippen LogP contribution in [-0.4, -0.2) is 26.2 Å². The topological polar surface area (TPSA) is 82.0 Å².